The van der Waals surface area contributed by atoms with Crippen LogP contribution < -0.4 is 11.2 Å². The first-order chi connectivity index (χ1) is 12.8. The van der Waals surface area contributed by atoms with Crippen LogP contribution in [-0.4, -0.2) is 37.0 Å². The first-order valence-corrected chi connectivity index (χ1v) is 9.17. The number of thioether (sulfide) groups is 1. The first-order valence-electron chi connectivity index (χ1n) is 8.29. The Bertz CT molecular complexity index is 1110. The molecule has 1 unspecified atom stereocenters. The van der Waals surface area contributed by atoms with Gasteiger partial charge in [-0.25, -0.2) is 9.78 Å². The van der Waals surface area contributed by atoms with E-state index in [1.807, 2.05) is 30.3 Å². The number of carbonyl (C=O) groups excluding carboxylic acids is 1. The van der Waals surface area contributed by atoms with Gasteiger partial charge in [-0.3, -0.25) is 18.7 Å². The van der Waals surface area contributed by atoms with Crippen molar-refractivity contribution in [2.75, 3.05) is 7.11 Å². The minimum Gasteiger partial charge on any atom is -0.468 e. The average Bonchev–Trinajstić information content (AvgIpc) is 3.02. The van der Waals surface area contributed by atoms with Crippen LogP contribution in [0.1, 0.15) is 12.5 Å². The molecule has 1 aromatic carbocycles. The molecule has 0 saturated carbocycles. The third-order valence-corrected chi connectivity index (χ3v) is 5.38. The highest BCUT2D eigenvalue weighted by Gasteiger charge is 2.23. The number of benzene rings is 1. The van der Waals surface area contributed by atoms with E-state index < -0.39 is 16.5 Å². The Labute approximate surface area is 159 Å². The summed E-state index contributed by atoms with van der Waals surface area (Å²) in [4.78, 5) is 41.4. The van der Waals surface area contributed by atoms with E-state index >= 15 is 0 Å². The van der Waals surface area contributed by atoms with Gasteiger partial charge in [-0.2, -0.15) is 0 Å². The Morgan fingerprint density at radius 3 is 2.48 bits per heavy atom. The number of ether oxygens (including phenoxy) is 1. The van der Waals surface area contributed by atoms with Crippen LogP contribution in [0.5, 0.6) is 0 Å². The molecule has 142 valence electrons. The second-order valence-corrected chi connectivity index (χ2v) is 7.44. The number of aryl methyl sites for hydroxylation is 1. The quantitative estimate of drug-likeness (QED) is 0.481. The lowest BCUT2D eigenvalue weighted by Gasteiger charge is -2.12. The molecule has 27 heavy (non-hydrogen) atoms. The van der Waals surface area contributed by atoms with Gasteiger partial charge in [0, 0.05) is 14.1 Å². The maximum absolute atomic E-state index is 12.8. The highest BCUT2D eigenvalue weighted by atomic mass is 32.2. The summed E-state index contributed by atoms with van der Waals surface area (Å²) in [5, 5.41) is -0.0349. The first kappa shape index (κ1) is 19.0. The average molecular weight is 388 g/mol. The molecule has 0 radical (unpaired) electrons. The molecule has 1 atom stereocenters. The van der Waals surface area contributed by atoms with Gasteiger partial charge in [-0.15, -0.1) is 0 Å². The van der Waals surface area contributed by atoms with Gasteiger partial charge in [0.25, 0.3) is 5.56 Å². The topological polar surface area (TPSA) is 88.1 Å². The van der Waals surface area contributed by atoms with Crippen molar-refractivity contribution in [3.8, 4) is 0 Å². The SMILES string of the molecule is COC(=O)C(C)Sc1nc2c(c(=O)n(C)c(=O)n2C)n1Cc1ccccc1. The minimum absolute atomic E-state index is 0.290. The summed E-state index contributed by atoms with van der Waals surface area (Å²) in [7, 11) is 4.34. The molecule has 0 N–H and O–H groups in total. The van der Waals surface area contributed by atoms with Gasteiger partial charge in [-0.1, -0.05) is 42.1 Å². The second-order valence-electron chi connectivity index (χ2n) is 6.13. The van der Waals surface area contributed by atoms with Crippen molar-refractivity contribution in [2.45, 2.75) is 23.9 Å². The number of rotatable bonds is 5. The molecule has 0 spiro atoms. The van der Waals surface area contributed by atoms with Gasteiger partial charge in [0.05, 0.1) is 13.7 Å². The Hall–Kier alpha value is -2.81. The second kappa shape index (κ2) is 7.43. The summed E-state index contributed by atoms with van der Waals surface area (Å²) in [6.45, 7) is 2.10. The summed E-state index contributed by atoms with van der Waals surface area (Å²) < 4.78 is 8.93. The molecule has 0 amide bonds. The fraction of sp³-hybridized carbons (Fsp3) is 0.333. The summed E-state index contributed by atoms with van der Waals surface area (Å²) >= 11 is 1.19. The number of methoxy groups -OCH3 is 1. The van der Waals surface area contributed by atoms with Crippen molar-refractivity contribution in [3.05, 3.63) is 56.7 Å². The lowest BCUT2D eigenvalue weighted by molar-refractivity contribution is -0.139. The van der Waals surface area contributed by atoms with E-state index in [1.165, 1.54) is 30.5 Å². The Kier molecular flexibility index (Phi) is 5.22. The van der Waals surface area contributed by atoms with Gasteiger partial charge >= 0.3 is 11.7 Å². The Morgan fingerprint density at radius 1 is 1.19 bits per heavy atom. The van der Waals surface area contributed by atoms with Crippen LogP contribution in [0.25, 0.3) is 11.2 Å². The van der Waals surface area contributed by atoms with Crippen molar-refractivity contribution in [3.63, 3.8) is 0 Å². The molecule has 2 heterocycles. The summed E-state index contributed by atoms with van der Waals surface area (Å²) in [6.07, 6.45) is 0. The fourth-order valence-corrected chi connectivity index (χ4v) is 3.73. The molecule has 9 heteroatoms. The molecule has 2 aromatic heterocycles. The molecular formula is C18H20N4O4S. The number of hydrogen-bond donors (Lipinski definition) is 0. The number of aromatic nitrogens is 4. The van der Waals surface area contributed by atoms with Crippen molar-refractivity contribution in [2.24, 2.45) is 14.1 Å². The number of fused-ring (bicyclic) bond motifs is 1. The van der Waals surface area contributed by atoms with E-state index in [9.17, 15) is 14.4 Å². The highest BCUT2D eigenvalue weighted by Crippen LogP contribution is 2.27. The van der Waals surface area contributed by atoms with Gasteiger partial charge in [0.15, 0.2) is 16.3 Å². The molecular weight excluding hydrogens is 368 g/mol. The van der Waals surface area contributed by atoms with E-state index in [1.54, 1.807) is 18.5 Å². The van der Waals surface area contributed by atoms with Crippen LogP contribution in [0.4, 0.5) is 0 Å². The molecule has 8 nitrogen and oxygen atoms in total. The Morgan fingerprint density at radius 2 is 1.85 bits per heavy atom. The van der Waals surface area contributed by atoms with E-state index in [-0.39, 0.29) is 5.97 Å². The van der Waals surface area contributed by atoms with Crippen LogP contribution in [0, 0.1) is 0 Å². The van der Waals surface area contributed by atoms with E-state index in [4.69, 9.17) is 4.74 Å². The molecule has 3 aromatic rings. The number of esters is 1. The predicted octanol–water partition coefficient (Wildman–Crippen LogP) is 1.14. The van der Waals surface area contributed by atoms with Crippen LogP contribution in [0.2, 0.25) is 0 Å². The van der Waals surface area contributed by atoms with Crippen LogP contribution >= 0.6 is 11.8 Å². The van der Waals surface area contributed by atoms with Crippen molar-refractivity contribution < 1.29 is 9.53 Å². The number of imidazole rings is 1. The van der Waals surface area contributed by atoms with Gasteiger partial charge in [0.2, 0.25) is 0 Å². The normalized spacial score (nSPS) is 12.3. The number of carbonyl (C=O) groups is 1. The molecule has 0 aliphatic heterocycles. The summed E-state index contributed by atoms with van der Waals surface area (Å²) in [6, 6.07) is 9.61. The van der Waals surface area contributed by atoms with Crippen molar-refractivity contribution >= 4 is 28.9 Å². The highest BCUT2D eigenvalue weighted by molar-refractivity contribution is 8.00. The third kappa shape index (κ3) is 3.42. The summed E-state index contributed by atoms with van der Waals surface area (Å²) in [5.74, 6) is -0.389. The molecule has 0 aliphatic rings. The zero-order valence-electron chi connectivity index (χ0n) is 15.5. The van der Waals surface area contributed by atoms with E-state index in [0.717, 1.165) is 10.1 Å². The monoisotopic (exact) mass is 388 g/mol. The largest absolute Gasteiger partial charge is 0.468 e. The predicted molar refractivity (Wildman–Crippen MR) is 103 cm³/mol. The standard InChI is InChI=1S/C18H20N4O4S/c1-11(16(24)26-4)27-17-19-14-13(15(23)21(3)18(25)20(14)2)22(17)10-12-8-6-5-7-9-12/h5-9,11H,10H2,1-4H3. The molecule has 0 saturated heterocycles. The van der Waals surface area contributed by atoms with Gasteiger partial charge < -0.3 is 9.30 Å². The number of hydrogen-bond acceptors (Lipinski definition) is 6. The third-order valence-electron chi connectivity index (χ3n) is 4.31. The smallest absolute Gasteiger partial charge is 0.332 e. The van der Waals surface area contributed by atoms with Gasteiger partial charge in [0.1, 0.15) is 5.25 Å². The lowest BCUT2D eigenvalue weighted by Crippen LogP contribution is -2.37. The summed E-state index contributed by atoms with van der Waals surface area (Å²) in [5.41, 5.74) is 0.713. The minimum atomic E-state index is -0.512. The zero-order valence-corrected chi connectivity index (χ0v) is 16.3. The maximum Gasteiger partial charge on any atom is 0.332 e. The van der Waals surface area contributed by atoms with Crippen LogP contribution in [0.3, 0.4) is 0 Å². The number of nitrogens with zero attached hydrogens (tertiary/aromatic N) is 4. The van der Waals surface area contributed by atoms with Gasteiger partial charge in [-0.05, 0) is 12.5 Å². The molecule has 0 fully saturated rings. The van der Waals surface area contributed by atoms with Crippen LogP contribution in [-0.2, 0) is 30.2 Å². The zero-order chi connectivity index (χ0) is 19.7. The fourth-order valence-electron chi connectivity index (χ4n) is 2.80. The Balaban J connectivity index is 2.24. The molecule has 3 rings (SSSR count). The molecule has 0 aliphatic carbocycles. The maximum atomic E-state index is 12.8. The van der Waals surface area contributed by atoms with E-state index in [2.05, 4.69) is 4.98 Å². The lowest BCUT2D eigenvalue weighted by atomic mass is 10.2. The molecule has 0 bridgehead atoms. The van der Waals surface area contributed by atoms with Crippen molar-refractivity contribution in [1.29, 1.82) is 0 Å². The van der Waals surface area contributed by atoms with E-state index in [0.29, 0.717) is 22.9 Å². The van der Waals surface area contributed by atoms with Crippen LogP contribution in [0.15, 0.2) is 45.1 Å². The van der Waals surface area contributed by atoms with Crippen molar-refractivity contribution in [1.82, 2.24) is 18.7 Å².